The van der Waals surface area contributed by atoms with E-state index in [4.69, 9.17) is 0 Å². The van der Waals surface area contributed by atoms with Gasteiger partial charge in [-0.15, -0.1) is 12.4 Å². The number of hydrogen-bond acceptors (Lipinski definition) is 4. The second-order valence-electron chi connectivity index (χ2n) is 6.99. The van der Waals surface area contributed by atoms with Crippen LogP contribution in [0.15, 0.2) is 53.4 Å². The molecule has 0 aromatic heterocycles. The van der Waals surface area contributed by atoms with Gasteiger partial charge in [0.2, 0.25) is 0 Å². The average Bonchev–Trinajstić information content (AvgIpc) is 2.65. The monoisotopic (exact) mass is 423 g/mol. The number of piperidine rings is 1. The summed E-state index contributed by atoms with van der Waals surface area (Å²) < 4.78 is 27.7. The molecule has 6 nitrogen and oxygen atoms in total. The van der Waals surface area contributed by atoms with Crippen LogP contribution < -0.4 is 15.4 Å². The Labute approximate surface area is 172 Å². The first-order valence-electron chi connectivity index (χ1n) is 9.07. The molecule has 2 atom stereocenters. The van der Waals surface area contributed by atoms with Crippen molar-refractivity contribution in [2.75, 3.05) is 17.8 Å². The van der Waals surface area contributed by atoms with Crippen molar-refractivity contribution >= 4 is 34.0 Å². The fourth-order valence-electron chi connectivity index (χ4n) is 3.11. The summed E-state index contributed by atoms with van der Waals surface area (Å²) in [5, 5.41) is 6.30. The van der Waals surface area contributed by atoms with Crippen LogP contribution in [0.4, 0.5) is 5.69 Å². The summed E-state index contributed by atoms with van der Waals surface area (Å²) in [6.07, 6.45) is 1.02. The molecule has 0 aliphatic carbocycles. The van der Waals surface area contributed by atoms with Crippen LogP contribution in [0, 0.1) is 12.8 Å². The van der Waals surface area contributed by atoms with E-state index in [0.29, 0.717) is 17.2 Å². The van der Waals surface area contributed by atoms with E-state index in [2.05, 4.69) is 22.3 Å². The van der Waals surface area contributed by atoms with Crippen molar-refractivity contribution in [1.82, 2.24) is 10.6 Å². The Hall–Kier alpha value is -2.09. The molecule has 28 heavy (non-hydrogen) atoms. The number of benzene rings is 2. The van der Waals surface area contributed by atoms with E-state index in [9.17, 15) is 13.2 Å². The summed E-state index contributed by atoms with van der Waals surface area (Å²) in [5.41, 5.74) is 1.83. The van der Waals surface area contributed by atoms with Gasteiger partial charge < -0.3 is 10.6 Å². The molecular formula is C20H26ClN3O3S. The number of aryl methyl sites for hydroxylation is 1. The van der Waals surface area contributed by atoms with Crippen LogP contribution in [-0.2, 0) is 10.0 Å². The molecule has 1 heterocycles. The van der Waals surface area contributed by atoms with Crippen molar-refractivity contribution in [2.45, 2.75) is 31.2 Å². The average molecular weight is 424 g/mol. The zero-order chi connectivity index (χ0) is 19.4. The highest BCUT2D eigenvalue weighted by Gasteiger charge is 2.23. The molecular weight excluding hydrogens is 398 g/mol. The Bertz CT molecular complexity index is 917. The lowest BCUT2D eigenvalue weighted by Gasteiger charge is -2.30. The highest BCUT2D eigenvalue weighted by molar-refractivity contribution is 7.92. The van der Waals surface area contributed by atoms with Gasteiger partial charge in [-0.05, 0) is 61.7 Å². The van der Waals surface area contributed by atoms with E-state index in [1.54, 1.807) is 24.3 Å². The van der Waals surface area contributed by atoms with Gasteiger partial charge in [-0.3, -0.25) is 9.52 Å². The quantitative estimate of drug-likeness (QED) is 0.690. The molecule has 2 aromatic carbocycles. The molecule has 1 aliphatic heterocycles. The number of amides is 1. The number of carbonyl (C=O) groups excluding carboxylic acids is 1. The van der Waals surface area contributed by atoms with Crippen LogP contribution in [0.3, 0.4) is 0 Å². The fraction of sp³-hybridized carbons (Fsp3) is 0.350. The molecule has 8 heteroatoms. The molecule has 3 N–H and O–H groups in total. The van der Waals surface area contributed by atoms with Crippen molar-refractivity contribution in [3.8, 4) is 0 Å². The Kier molecular flexibility index (Phi) is 7.46. The second kappa shape index (κ2) is 9.41. The highest BCUT2D eigenvalue weighted by Crippen LogP contribution is 2.20. The van der Waals surface area contributed by atoms with Crippen molar-refractivity contribution in [1.29, 1.82) is 0 Å². The van der Waals surface area contributed by atoms with E-state index in [1.807, 2.05) is 19.1 Å². The summed E-state index contributed by atoms with van der Waals surface area (Å²) in [6, 6.07) is 13.3. The van der Waals surface area contributed by atoms with E-state index < -0.39 is 10.0 Å². The molecule has 0 saturated carbocycles. The maximum atomic E-state index is 12.6. The summed E-state index contributed by atoms with van der Waals surface area (Å²) in [6.45, 7) is 5.68. The summed E-state index contributed by atoms with van der Waals surface area (Å²) in [4.78, 5) is 12.6. The third kappa shape index (κ3) is 5.25. The first-order chi connectivity index (χ1) is 12.9. The molecule has 0 radical (unpaired) electrons. The van der Waals surface area contributed by atoms with Crippen LogP contribution in [0.5, 0.6) is 0 Å². The van der Waals surface area contributed by atoms with Crippen molar-refractivity contribution < 1.29 is 13.2 Å². The van der Waals surface area contributed by atoms with Gasteiger partial charge in [-0.2, -0.15) is 0 Å². The van der Waals surface area contributed by atoms with Gasteiger partial charge >= 0.3 is 0 Å². The molecule has 3 rings (SSSR count). The molecule has 0 spiro atoms. The van der Waals surface area contributed by atoms with E-state index in [-0.39, 0.29) is 29.3 Å². The predicted octanol–water partition coefficient (Wildman–Crippen LogP) is 2.95. The van der Waals surface area contributed by atoms with Gasteiger partial charge in [0.05, 0.1) is 10.6 Å². The number of para-hydroxylation sites is 1. The SMILES string of the molecule is Cc1ccccc1NS(=O)(=O)c1ccc(C(=O)NC2CNCCC2C)cc1.Cl. The largest absolute Gasteiger partial charge is 0.348 e. The third-order valence-electron chi connectivity index (χ3n) is 4.96. The predicted molar refractivity (Wildman–Crippen MR) is 114 cm³/mol. The topological polar surface area (TPSA) is 87.3 Å². The zero-order valence-electron chi connectivity index (χ0n) is 15.9. The van der Waals surface area contributed by atoms with Crippen LogP contribution in [0.1, 0.15) is 29.3 Å². The van der Waals surface area contributed by atoms with Crippen LogP contribution >= 0.6 is 12.4 Å². The molecule has 1 fully saturated rings. The minimum absolute atomic E-state index is 0. The molecule has 1 amide bonds. The van der Waals surface area contributed by atoms with Gasteiger partial charge in [0.15, 0.2) is 0 Å². The van der Waals surface area contributed by atoms with Gasteiger partial charge in [0, 0.05) is 18.2 Å². The molecule has 1 saturated heterocycles. The van der Waals surface area contributed by atoms with E-state index in [1.165, 1.54) is 12.1 Å². The Morgan fingerprint density at radius 1 is 1.11 bits per heavy atom. The standard InChI is InChI=1S/C20H25N3O3S.ClH/c1-14-5-3-4-6-18(14)23-27(25,26)17-9-7-16(8-10-17)20(24)22-19-13-21-12-11-15(19)2;/h3-10,15,19,21,23H,11-13H2,1-2H3,(H,22,24);1H. The van der Waals surface area contributed by atoms with Gasteiger partial charge in [0.1, 0.15) is 0 Å². The number of rotatable bonds is 5. The first kappa shape index (κ1) is 22.2. The minimum atomic E-state index is -3.71. The summed E-state index contributed by atoms with van der Waals surface area (Å²) in [5.74, 6) is 0.222. The van der Waals surface area contributed by atoms with E-state index in [0.717, 1.165) is 25.1 Å². The fourth-order valence-corrected chi connectivity index (χ4v) is 4.24. The van der Waals surface area contributed by atoms with Crippen molar-refractivity contribution in [2.24, 2.45) is 5.92 Å². The van der Waals surface area contributed by atoms with Crippen LogP contribution in [0.25, 0.3) is 0 Å². The number of anilines is 1. The normalized spacial score (nSPS) is 19.4. The Balaban J connectivity index is 0.00000280. The number of carbonyl (C=O) groups is 1. The number of nitrogens with one attached hydrogen (secondary N) is 3. The third-order valence-corrected chi connectivity index (χ3v) is 6.34. The number of hydrogen-bond donors (Lipinski definition) is 3. The Morgan fingerprint density at radius 2 is 1.79 bits per heavy atom. The molecule has 2 unspecified atom stereocenters. The van der Waals surface area contributed by atoms with E-state index >= 15 is 0 Å². The summed E-state index contributed by atoms with van der Waals surface area (Å²) >= 11 is 0. The van der Waals surface area contributed by atoms with Crippen molar-refractivity contribution in [3.05, 3.63) is 59.7 Å². The number of sulfonamides is 1. The molecule has 0 bridgehead atoms. The first-order valence-corrected chi connectivity index (χ1v) is 10.6. The summed E-state index contributed by atoms with van der Waals surface area (Å²) in [7, 11) is -3.71. The van der Waals surface area contributed by atoms with Crippen LogP contribution in [-0.4, -0.2) is 33.5 Å². The minimum Gasteiger partial charge on any atom is -0.348 e. The van der Waals surface area contributed by atoms with Gasteiger partial charge in [0.25, 0.3) is 15.9 Å². The lowest BCUT2D eigenvalue weighted by Crippen LogP contribution is -2.50. The highest BCUT2D eigenvalue weighted by atomic mass is 35.5. The van der Waals surface area contributed by atoms with Crippen molar-refractivity contribution in [3.63, 3.8) is 0 Å². The molecule has 1 aliphatic rings. The maximum Gasteiger partial charge on any atom is 0.261 e. The lowest BCUT2D eigenvalue weighted by atomic mass is 9.94. The lowest BCUT2D eigenvalue weighted by molar-refractivity contribution is 0.0915. The Morgan fingerprint density at radius 3 is 2.43 bits per heavy atom. The second-order valence-corrected chi connectivity index (χ2v) is 8.68. The number of halogens is 1. The van der Waals surface area contributed by atoms with Gasteiger partial charge in [-0.25, -0.2) is 8.42 Å². The maximum absolute atomic E-state index is 12.6. The smallest absolute Gasteiger partial charge is 0.261 e. The molecule has 152 valence electrons. The van der Waals surface area contributed by atoms with Crippen LogP contribution in [0.2, 0.25) is 0 Å². The van der Waals surface area contributed by atoms with Gasteiger partial charge in [-0.1, -0.05) is 25.1 Å². The zero-order valence-corrected chi connectivity index (χ0v) is 17.6. The molecule has 2 aromatic rings.